The van der Waals surface area contributed by atoms with E-state index in [1.807, 2.05) is 30.5 Å². The molecule has 3 rings (SSSR count). The summed E-state index contributed by atoms with van der Waals surface area (Å²) in [7, 11) is 0. The molecule has 0 radical (unpaired) electrons. The van der Waals surface area contributed by atoms with Crippen molar-refractivity contribution >= 4 is 17.1 Å². The summed E-state index contributed by atoms with van der Waals surface area (Å²) in [6, 6.07) is 8.02. The van der Waals surface area contributed by atoms with E-state index in [-0.39, 0.29) is 0 Å². The topological polar surface area (TPSA) is 48.4 Å². The molecule has 0 amide bonds. The van der Waals surface area contributed by atoms with Crippen molar-refractivity contribution in [3.63, 3.8) is 0 Å². The SMILES string of the molecule is OC1CN=Cc2c1[nH]c1ccccc21. The van der Waals surface area contributed by atoms with Crippen molar-refractivity contribution in [3.8, 4) is 0 Å². The number of nitrogens with zero attached hydrogens (tertiary/aromatic N) is 1. The van der Waals surface area contributed by atoms with Gasteiger partial charge in [-0.05, 0) is 6.07 Å². The predicted molar refractivity (Wildman–Crippen MR) is 55.7 cm³/mol. The zero-order chi connectivity index (χ0) is 9.54. The van der Waals surface area contributed by atoms with E-state index in [0.717, 1.165) is 22.2 Å². The van der Waals surface area contributed by atoms with E-state index in [0.29, 0.717) is 6.54 Å². The third-order valence-corrected chi connectivity index (χ3v) is 2.61. The molecule has 1 aliphatic heterocycles. The lowest BCUT2D eigenvalue weighted by molar-refractivity contribution is 0.182. The molecule has 2 aromatic rings. The first-order chi connectivity index (χ1) is 6.86. The minimum Gasteiger partial charge on any atom is -0.385 e. The number of nitrogens with one attached hydrogen (secondary N) is 1. The molecule has 1 aromatic heterocycles. The molecule has 2 heterocycles. The first-order valence-electron chi connectivity index (χ1n) is 4.65. The molecule has 0 spiro atoms. The number of aromatic amines is 1. The summed E-state index contributed by atoms with van der Waals surface area (Å²) in [5.41, 5.74) is 2.98. The first-order valence-corrected chi connectivity index (χ1v) is 4.65. The lowest BCUT2D eigenvalue weighted by Gasteiger charge is -2.11. The summed E-state index contributed by atoms with van der Waals surface area (Å²) in [5.74, 6) is 0. The van der Waals surface area contributed by atoms with Crippen LogP contribution in [-0.4, -0.2) is 22.8 Å². The quantitative estimate of drug-likeness (QED) is 0.645. The van der Waals surface area contributed by atoms with E-state index in [4.69, 9.17) is 0 Å². The van der Waals surface area contributed by atoms with Crippen molar-refractivity contribution in [2.24, 2.45) is 4.99 Å². The van der Waals surface area contributed by atoms with Gasteiger partial charge in [-0.1, -0.05) is 18.2 Å². The number of benzene rings is 1. The Morgan fingerprint density at radius 2 is 2.21 bits per heavy atom. The van der Waals surface area contributed by atoms with Crippen LogP contribution in [0.2, 0.25) is 0 Å². The normalized spacial score (nSPS) is 19.9. The van der Waals surface area contributed by atoms with Crippen molar-refractivity contribution in [2.75, 3.05) is 6.54 Å². The van der Waals surface area contributed by atoms with Crippen molar-refractivity contribution in [2.45, 2.75) is 6.10 Å². The average Bonchev–Trinajstić information content (AvgIpc) is 2.59. The Labute approximate surface area is 81.1 Å². The Bertz CT molecular complexity index is 513. The molecule has 2 N–H and O–H groups in total. The van der Waals surface area contributed by atoms with E-state index in [9.17, 15) is 5.11 Å². The lowest BCUT2D eigenvalue weighted by atomic mass is 10.1. The van der Waals surface area contributed by atoms with Gasteiger partial charge in [-0.15, -0.1) is 0 Å². The second-order valence-corrected chi connectivity index (χ2v) is 3.51. The number of H-pyrrole nitrogens is 1. The van der Waals surface area contributed by atoms with Crippen molar-refractivity contribution in [1.82, 2.24) is 4.98 Å². The number of aliphatic imine (C=N–C) groups is 1. The van der Waals surface area contributed by atoms with Crippen LogP contribution >= 0.6 is 0 Å². The Kier molecular flexibility index (Phi) is 1.49. The van der Waals surface area contributed by atoms with Crippen LogP contribution in [0.3, 0.4) is 0 Å². The fourth-order valence-electron chi connectivity index (χ4n) is 1.92. The maximum Gasteiger partial charge on any atom is 0.114 e. The van der Waals surface area contributed by atoms with Crippen molar-refractivity contribution in [3.05, 3.63) is 35.5 Å². The van der Waals surface area contributed by atoms with Gasteiger partial charge in [0, 0.05) is 22.7 Å². The number of fused-ring (bicyclic) bond motifs is 3. The zero-order valence-corrected chi connectivity index (χ0v) is 7.57. The van der Waals surface area contributed by atoms with Gasteiger partial charge in [-0.2, -0.15) is 0 Å². The summed E-state index contributed by atoms with van der Waals surface area (Å²) < 4.78 is 0. The summed E-state index contributed by atoms with van der Waals surface area (Å²) in [6.07, 6.45) is 1.35. The van der Waals surface area contributed by atoms with Gasteiger partial charge in [0.25, 0.3) is 0 Å². The molecular weight excluding hydrogens is 176 g/mol. The van der Waals surface area contributed by atoms with Gasteiger partial charge in [0.15, 0.2) is 0 Å². The number of hydrogen-bond acceptors (Lipinski definition) is 2. The van der Waals surface area contributed by atoms with Crippen molar-refractivity contribution < 1.29 is 5.11 Å². The predicted octanol–water partition coefficient (Wildman–Crippen LogP) is 1.63. The zero-order valence-electron chi connectivity index (χ0n) is 7.57. The summed E-state index contributed by atoms with van der Waals surface area (Å²) in [6.45, 7) is 0.458. The van der Waals surface area contributed by atoms with Gasteiger partial charge in [-0.25, -0.2) is 0 Å². The van der Waals surface area contributed by atoms with Crippen LogP contribution in [0.15, 0.2) is 29.3 Å². The van der Waals surface area contributed by atoms with E-state index >= 15 is 0 Å². The summed E-state index contributed by atoms with van der Waals surface area (Å²) in [4.78, 5) is 7.35. The van der Waals surface area contributed by atoms with E-state index in [2.05, 4.69) is 9.98 Å². The molecule has 3 heteroatoms. The molecule has 3 nitrogen and oxygen atoms in total. The molecule has 0 saturated heterocycles. The molecule has 0 aliphatic carbocycles. The highest BCUT2D eigenvalue weighted by Gasteiger charge is 2.19. The molecule has 0 bridgehead atoms. The van der Waals surface area contributed by atoms with Crippen LogP contribution in [0.25, 0.3) is 10.9 Å². The fraction of sp³-hybridized carbons (Fsp3) is 0.182. The maximum atomic E-state index is 9.72. The Morgan fingerprint density at radius 1 is 1.36 bits per heavy atom. The standard InChI is InChI=1S/C11H10N2O/c14-10-6-12-5-8-7-3-1-2-4-9(7)13-11(8)10/h1-5,10,13-14H,6H2. The van der Waals surface area contributed by atoms with Crippen LogP contribution in [0.1, 0.15) is 17.4 Å². The lowest BCUT2D eigenvalue weighted by Crippen LogP contribution is -2.09. The molecule has 0 saturated carbocycles. The van der Waals surface area contributed by atoms with E-state index in [1.54, 1.807) is 0 Å². The van der Waals surface area contributed by atoms with Crippen LogP contribution in [-0.2, 0) is 0 Å². The molecular formula is C11H10N2O. The van der Waals surface area contributed by atoms with E-state index < -0.39 is 6.10 Å². The third kappa shape index (κ3) is 0.930. The number of para-hydroxylation sites is 1. The smallest absolute Gasteiger partial charge is 0.114 e. The second-order valence-electron chi connectivity index (χ2n) is 3.51. The monoisotopic (exact) mass is 186 g/mol. The van der Waals surface area contributed by atoms with Gasteiger partial charge in [0.05, 0.1) is 12.2 Å². The van der Waals surface area contributed by atoms with Gasteiger partial charge in [0.1, 0.15) is 6.10 Å². The van der Waals surface area contributed by atoms with Gasteiger partial charge in [-0.3, -0.25) is 4.99 Å². The Hall–Kier alpha value is -1.61. The molecule has 1 aliphatic rings. The molecule has 0 fully saturated rings. The molecule has 70 valence electrons. The van der Waals surface area contributed by atoms with E-state index in [1.165, 1.54) is 0 Å². The number of rotatable bonds is 0. The maximum absolute atomic E-state index is 9.72. The van der Waals surface area contributed by atoms with Crippen LogP contribution in [0, 0.1) is 0 Å². The highest BCUT2D eigenvalue weighted by atomic mass is 16.3. The second kappa shape index (κ2) is 2.69. The highest BCUT2D eigenvalue weighted by Crippen LogP contribution is 2.27. The number of aliphatic hydroxyl groups is 1. The van der Waals surface area contributed by atoms with Crippen LogP contribution < -0.4 is 0 Å². The Morgan fingerprint density at radius 3 is 3.14 bits per heavy atom. The fourth-order valence-corrected chi connectivity index (χ4v) is 1.92. The molecule has 1 atom stereocenters. The van der Waals surface area contributed by atoms with Gasteiger partial charge >= 0.3 is 0 Å². The third-order valence-electron chi connectivity index (χ3n) is 2.61. The molecule has 14 heavy (non-hydrogen) atoms. The largest absolute Gasteiger partial charge is 0.385 e. The molecule has 1 aromatic carbocycles. The number of aliphatic hydroxyl groups excluding tert-OH is 1. The summed E-state index contributed by atoms with van der Waals surface area (Å²) >= 11 is 0. The number of aromatic nitrogens is 1. The molecule has 1 unspecified atom stereocenters. The van der Waals surface area contributed by atoms with Crippen LogP contribution in [0.5, 0.6) is 0 Å². The highest BCUT2D eigenvalue weighted by molar-refractivity contribution is 6.01. The number of hydrogen-bond donors (Lipinski definition) is 2. The van der Waals surface area contributed by atoms with Gasteiger partial charge < -0.3 is 10.1 Å². The Balaban J connectivity index is 2.39. The summed E-state index contributed by atoms with van der Waals surface area (Å²) in [5, 5.41) is 10.8. The van der Waals surface area contributed by atoms with Gasteiger partial charge in [0.2, 0.25) is 0 Å². The minimum atomic E-state index is -0.484. The average molecular weight is 186 g/mol. The van der Waals surface area contributed by atoms with Crippen molar-refractivity contribution in [1.29, 1.82) is 0 Å². The van der Waals surface area contributed by atoms with Crippen LogP contribution in [0.4, 0.5) is 0 Å². The first kappa shape index (κ1) is 7.76. The minimum absolute atomic E-state index is 0.458.